The summed E-state index contributed by atoms with van der Waals surface area (Å²) in [5.74, 6) is 0.459. The Hall–Kier alpha value is -1.57. The molecule has 23 heavy (non-hydrogen) atoms. The summed E-state index contributed by atoms with van der Waals surface area (Å²) in [5.41, 5.74) is 6.48. The molecule has 4 N–H and O–H groups in total. The third-order valence-electron chi connectivity index (χ3n) is 2.88. The number of nitrogens with two attached hydrogens (primary N) is 1. The van der Waals surface area contributed by atoms with Gasteiger partial charge >= 0.3 is 0 Å². The quantitative estimate of drug-likeness (QED) is 0.386. The Balaban J connectivity index is 1.71. The van der Waals surface area contributed by atoms with Gasteiger partial charge in [0.25, 0.3) is 0 Å². The highest BCUT2D eigenvalue weighted by Gasteiger charge is 2.01. The van der Waals surface area contributed by atoms with Gasteiger partial charge in [0.05, 0.1) is 0 Å². The van der Waals surface area contributed by atoms with Crippen LogP contribution in [0.2, 0.25) is 0 Å². The molecule has 0 unspecified atom stereocenters. The van der Waals surface area contributed by atoms with Gasteiger partial charge in [-0.05, 0) is 54.7 Å². The zero-order chi connectivity index (χ0) is 16.7. The Kier molecular flexibility index (Phi) is 6.88. The van der Waals surface area contributed by atoms with E-state index in [1.54, 1.807) is 36.0 Å². The molecule has 0 aliphatic rings. The van der Waals surface area contributed by atoms with Gasteiger partial charge in [-0.15, -0.1) is 11.8 Å². The third kappa shape index (κ3) is 6.21. The SMILES string of the molecule is NC(=O)c1ccc(NC(=S)NCCSc2cccc(Br)c2)cc1. The Morgan fingerprint density at radius 2 is 1.96 bits per heavy atom. The number of carbonyl (C=O) groups excluding carboxylic acids is 1. The first-order chi connectivity index (χ1) is 11.0. The standard InChI is InChI=1S/C16H16BrN3OS2/c17-12-2-1-3-14(10-12)23-9-8-19-16(22)20-13-6-4-11(5-7-13)15(18)21/h1-7,10H,8-9H2,(H2,18,21)(H2,19,20,22). The van der Waals surface area contributed by atoms with Crippen LogP contribution in [0.4, 0.5) is 5.69 Å². The summed E-state index contributed by atoms with van der Waals surface area (Å²) in [5, 5.41) is 6.76. The summed E-state index contributed by atoms with van der Waals surface area (Å²) in [6.45, 7) is 0.752. The molecule has 2 rings (SSSR count). The lowest BCUT2D eigenvalue weighted by Gasteiger charge is -2.10. The van der Waals surface area contributed by atoms with Crippen LogP contribution in [0.15, 0.2) is 57.9 Å². The normalized spacial score (nSPS) is 10.1. The summed E-state index contributed by atoms with van der Waals surface area (Å²) in [6, 6.07) is 15.0. The number of thiocarbonyl (C=S) groups is 1. The van der Waals surface area contributed by atoms with Gasteiger partial charge in [0.1, 0.15) is 0 Å². The maximum atomic E-state index is 11.0. The molecule has 0 heterocycles. The van der Waals surface area contributed by atoms with Crippen molar-refractivity contribution in [1.82, 2.24) is 5.32 Å². The third-order valence-corrected chi connectivity index (χ3v) is 4.61. The molecule has 120 valence electrons. The second-order valence-corrected chi connectivity index (χ2v) is 7.12. The number of hydrogen-bond donors (Lipinski definition) is 3. The van der Waals surface area contributed by atoms with E-state index in [2.05, 4.69) is 38.7 Å². The van der Waals surface area contributed by atoms with Crippen LogP contribution in [0.5, 0.6) is 0 Å². The van der Waals surface area contributed by atoms with Crippen molar-refractivity contribution in [3.05, 3.63) is 58.6 Å². The van der Waals surface area contributed by atoms with Crippen LogP contribution in [-0.4, -0.2) is 23.3 Å². The largest absolute Gasteiger partial charge is 0.366 e. The van der Waals surface area contributed by atoms with Crippen molar-refractivity contribution < 1.29 is 4.79 Å². The van der Waals surface area contributed by atoms with Crippen LogP contribution >= 0.6 is 39.9 Å². The molecule has 0 spiro atoms. The molecular weight excluding hydrogens is 394 g/mol. The van der Waals surface area contributed by atoms with Crippen molar-refractivity contribution in [2.24, 2.45) is 5.73 Å². The van der Waals surface area contributed by atoms with Crippen molar-refractivity contribution in [1.29, 1.82) is 0 Å². The number of halogens is 1. The minimum Gasteiger partial charge on any atom is -0.366 e. The van der Waals surface area contributed by atoms with Gasteiger partial charge in [-0.3, -0.25) is 4.79 Å². The molecular formula is C16H16BrN3OS2. The minimum atomic E-state index is -0.443. The highest BCUT2D eigenvalue weighted by molar-refractivity contribution is 9.10. The van der Waals surface area contributed by atoms with Crippen molar-refractivity contribution in [3.8, 4) is 0 Å². The number of anilines is 1. The van der Waals surface area contributed by atoms with Crippen LogP contribution in [0.3, 0.4) is 0 Å². The topological polar surface area (TPSA) is 67.2 Å². The van der Waals surface area contributed by atoms with Gasteiger partial charge in [0.2, 0.25) is 5.91 Å². The van der Waals surface area contributed by atoms with E-state index in [4.69, 9.17) is 18.0 Å². The first kappa shape index (κ1) is 17.8. The van der Waals surface area contributed by atoms with E-state index in [0.29, 0.717) is 10.7 Å². The number of primary amides is 1. The lowest BCUT2D eigenvalue weighted by atomic mass is 10.2. The molecule has 7 heteroatoms. The summed E-state index contributed by atoms with van der Waals surface area (Å²) in [7, 11) is 0. The number of rotatable bonds is 6. The Morgan fingerprint density at radius 1 is 1.22 bits per heavy atom. The Labute approximate surface area is 153 Å². The molecule has 0 aliphatic heterocycles. The van der Waals surface area contributed by atoms with Crippen LogP contribution in [0.1, 0.15) is 10.4 Å². The fraction of sp³-hybridized carbons (Fsp3) is 0.125. The monoisotopic (exact) mass is 409 g/mol. The predicted octanol–water partition coefficient (Wildman–Crippen LogP) is 3.63. The average molecular weight is 410 g/mol. The number of benzene rings is 2. The summed E-state index contributed by atoms with van der Waals surface area (Å²) >= 11 is 10.5. The molecule has 0 aromatic heterocycles. The van der Waals surface area contributed by atoms with Crippen LogP contribution < -0.4 is 16.4 Å². The van der Waals surface area contributed by atoms with Crippen molar-refractivity contribution >= 4 is 56.6 Å². The van der Waals surface area contributed by atoms with Crippen molar-refractivity contribution in [2.75, 3.05) is 17.6 Å². The van der Waals surface area contributed by atoms with E-state index in [1.165, 1.54) is 4.90 Å². The summed E-state index contributed by atoms with van der Waals surface area (Å²) in [6.07, 6.45) is 0. The summed E-state index contributed by atoms with van der Waals surface area (Å²) < 4.78 is 1.08. The fourth-order valence-electron chi connectivity index (χ4n) is 1.78. The molecule has 0 atom stereocenters. The molecule has 0 fully saturated rings. The predicted molar refractivity (Wildman–Crippen MR) is 104 cm³/mol. The van der Waals surface area contributed by atoms with Gasteiger partial charge in [-0.2, -0.15) is 0 Å². The van der Waals surface area contributed by atoms with Gasteiger partial charge in [-0.25, -0.2) is 0 Å². The maximum Gasteiger partial charge on any atom is 0.248 e. The highest BCUT2D eigenvalue weighted by Crippen LogP contribution is 2.21. The maximum absolute atomic E-state index is 11.0. The van der Waals surface area contributed by atoms with Gasteiger partial charge < -0.3 is 16.4 Å². The molecule has 0 saturated heterocycles. The molecule has 0 radical (unpaired) electrons. The first-order valence-electron chi connectivity index (χ1n) is 6.87. The fourth-order valence-corrected chi connectivity index (χ4v) is 3.38. The van der Waals surface area contributed by atoms with E-state index in [1.807, 2.05) is 12.1 Å². The molecule has 0 aliphatic carbocycles. The lowest BCUT2D eigenvalue weighted by Crippen LogP contribution is -2.30. The van der Waals surface area contributed by atoms with Crippen molar-refractivity contribution in [3.63, 3.8) is 0 Å². The van der Waals surface area contributed by atoms with Crippen LogP contribution in [0, 0.1) is 0 Å². The zero-order valence-corrected chi connectivity index (χ0v) is 15.4. The molecule has 2 aromatic rings. The smallest absolute Gasteiger partial charge is 0.248 e. The molecule has 1 amide bonds. The Bertz CT molecular complexity index is 692. The minimum absolute atomic E-state index is 0.443. The van der Waals surface area contributed by atoms with E-state index in [9.17, 15) is 4.79 Å². The number of carbonyl (C=O) groups is 1. The van der Waals surface area contributed by atoms with E-state index >= 15 is 0 Å². The number of amides is 1. The Morgan fingerprint density at radius 3 is 2.61 bits per heavy atom. The number of thioether (sulfide) groups is 1. The zero-order valence-electron chi connectivity index (χ0n) is 12.2. The number of nitrogens with one attached hydrogen (secondary N) is 2. The second-order valence-electron chi connectivity index (χ2n) is 4.63. The summed E-state index contributed by atoms with van der Waals surface area (Å²) in [4.78, 5) is 12.2. The first-order valence-corrected chi connectivity index (χ1v) is 9.06. The highest BCUT2D eigenvalue weighted by atomic mass is 79.9. The van der Waals surface area contributed by atoms with Crippen LogP contribution in [-0.2, 0) is 0 Å². The molecule has 2 aromatic carbocycles. The van der Waals surface area contributed by atoms with Gasteiger partial charge in [0, 0.05) is 32.9 Å². The van der Waals surface area contributed by atoms with E-state index in [-0.39, 0.29) is 0 Å². The molecule has 0 saturated carbocycles. The van der Waals surface area contributed by atoms with E-state index < -0.39 is 5.91 Å². The lowest BCUT2D eigenvalue weighted by molar-refractivity contribution is 0.100. The van der Waals surface area contributed by atoms with E-state index in [0.717, 1.165) is 22.5 Å². The second kappa shape index (κ2) is 8.90. The van der Waals surface area contributed by atoms with Crippen LogP contribution in [0.25, 0.3) is 0 Å². The van der Waals surface area contributed by atoms with Gasteiger partial charge in [-0.1, -0.05) is 22.0 Å². The van der Waals surface area contributed by atoms with Gasteiger partial charge in [0.15, 0.2) is 5.11 Å². The number of hydrogen-bond acceptors (Lipinski definition) is 3. The van der Waals surface area contributed by atoms with Crippen molar-refractivity contribution in [2.45, 2.75) is 4.90 Å². The molecule has 0 bridgehead atoms. The average Bonchev–Trinajstić information content (AvgIpc) is 2.52. The molecule has 4 nitrogen and oxygen atoms in total.